The molecule has 3 aromatic rings. The second kappa shape index (κ2) is 5.04. The molecule has 0 saturated heterocycles. The van der Waals surface area contributed by atoms with Gasteiger partial charge in [0.25, 0.3) is 0 Å². The summed E-state index contributed by atoms with van der Waals surface area (Å²) in [6.45, 7) is 3.99. The number of ketones is 1. The van der Waals surface area contributed by atoms with Crippen molar-refractivity contribution in [2.24, 2.45) is 0 Å². The van der Waals surface area contributed by atoms with Gasteiger partial charge in [0.05, 0.1) is 5.02 Å². The average molecular weight is 301 g/mol. The van der Waals surface area contributed by atoms with Crippen molar-refractivity contribution in [1.82, 2.24) is 0 Å². The largest absolute Gasteiger partial charge is 0.289 e. The minimum Gasteiger partial charge on any atom is -0.289 e. The molecule has 1 aromatic heterocycles. The zero-order chi connectivity index (χ0) is 14.3. The number of hydrogen-bond acceptors (Lipinski definition) is 2. The van der Waals surface area contributed by atoms with Gasteiger partial charge in [-0.3, -0.25) is 4.79 Å². The first kappa shape index (κ1) is 13.3. The molecule has 0 bridgehead atoms. The van der Waals surface area contributed by atoms with Crippen LogP contribution in [0.4, 0.5) is 0 Å². The van der Waals surface area contributed by atoms with Gasteiger partial charge in [0, 0.05) is 26.6 Å². The molecule has 0 atom stereocenters. The highest BCUT2D eigenvalue weighted by molar-refractivity contribution is 7.17. The Balaban J connectivity index is 2.16. The number of benzene rings is 2. The summed E-state index contributed by atoms with van der Waals surface area (Å²) in [4.78, 5) is 12.7. The molecule has 3 rings (SSSR count). The zero-order valence-electron chi connectivity index (χ0n) is 11.2. The van der Waals surface area contributed by atoms with Crippen molar-refractivity contribution in [2.75, 3.05) is 0 Å². The number of fused-ring (bicyclic) bond motifs is 1. The number of hydrogen-bond donors (Lipinski definition) is 0. The third kappa shape index (κ3) is 2.15. The quantitative estimate of drug-likeness (QED) is 0.579. The van der Waals surface area contributed by atoms with Gasteiger partial charge in [-0.25, -0.2) is 0 Å². The summed E-state index contributed by atoms with van der Waals surface area (Å²) in [5.74, 6) is -0.00412. The molecule has 100 valence electrons. The Bertz CT molecular complexity index is 817. The van der Waals surface area contributed by atoms with Crippen LogP contribution in [0.5, 0.6) is 0 Å². The Morgan fingerprint density at radius 3 is 2.55 bits per heavy atom. The molecule has 0 aliphatic rings. The van der Waals surface area contributed by atoms with Crippen LogP contribution in [0.3, 0.4) is 0 Å². The Hall–Kier alpha value is -1.64. The summed E-state index contributed by atoms with van der Waals surface area (Å²) < 4.78 is 1.12. The van der Waals surface area contributed by atoms with Crippen LogP contribution in [0, 0.1) is 13.8 Å². The number of halogens is 1. The molecule has 0 amide bonds. The lowest BCUT2D eigenvalue weighted by molar-refractivity contribution is 0.104. The third-order valence-corrected chi connectivity index (χ3v) is 4.83. The van der Waals surface area contributed by atoms with Crippen molar-refractivity contribution >= 4 is 38.8 Å². The average Bonchev–Trinajstić information content (AvgIpc) is 2.86. The van der Waals surface area contributed by atoms with Gasteiger partial charge < -0.3 is 0 Å². The molecule has 0 N–H and O–H groups in total. The van der Waals surface area contributed by atoms with E-state index in [1.807, 2.05) is 55.6 Å². The highest BCUT2D eigenvalue weighted by Gasteiger charge is 2.17. The monoisotopic (exact) mass is 300 g/mol. The normalized spacial score (nSPS) is 10.9. The van der Waals surface area contributed by atoms with Gasteiger partial charge >= 0.3 is 0 Å². The topological polar surface area (TPSA) is 17.1 Å². The Morgan fingerprint density at radius 1 is 1.05 bits per heavy atom. The molecule has 0 spiro atoms. The SMILES string of the molecule is Cc1cc(Cl)c(C(=O)c2csc3ccccc23)cc1C. The second-order valence-corrected chi connectivity index (χ2v) is 6.21. The van der Waals surface area contributed by atoms with E-state index >= 15 is 0 Å². The second-order valence-electron chi connectivity index (χ2n) is 4.89. The van der Waals surface area contributed by atoms with E-state index in [1.165, 1.54) is 0 Å². The number of carbonyl (C=O) groups excluding carboxylic acids is 1. The van der Waals surface area contributed by atoms with Crippen LogP contribution in [-0.4, -0.2) is 5.78 Å². The minimum atomic E-state index is -0.00412. The summed E-state index contributed by atoms with van der Waals surface area (Å²) in [6, 6.07) is 11.7. The van der Waals surface area contributed by atoms with Gasteiger partial charge in [-0.1, -0.05) is 29.8 Å². The van der Waals surface area contributed by atoms with Crippen molar-refractivity contribution in [3.05, 3.63) is 69.1 Å². The van der Waals surface area contributed by atoms with E-state index in [1.54, 1.807) is 11.3 Å². The standard InChI is InChI=1S/C17H13ClOS/c1-10-7-13(15(18)8-11(10)2)17(19)14-9-20-16-6-4-3-5-12(14)16/h3-9H,1-2H3. The first-order valence-corrected chi connectivity index (χ1v) is 7.61. The maximum atomic E-state index is 12.7. The molecular weight excluding hydrogens is 288 g/mol. The van der Waals surface area contributed by atoms with E-state index in [4.69, 9.17) is 11.6 Å². The molecule has 20 heavy (non-hydrogen) atoms. The maximum absolute atomic E-state index is 12.7. The van der Waals surface area contributed by atoms with Crippen molar-refractivity contribution in [3.63, 3.8) is 0 Å². The predicted octanol–water partition coefficient (Wildman–Crippen LogP) is 5.40. The van der Waals surface area contributed by atoms with Crippen LogP contribution in [0.25, 0.3) is 10.1 Å². The first-order chi connectivity index (χ1) is 9.58. The fourth-order valence-electron chi connectivity index (χ4n) is 2.25. The van der Waals surface area contributed by atoms with Gasteiger partial charge in [0.1, 0.15) is 0 Å². The molecule has 0 saturated carbocycles. The first-order valence-electron chi connectivity index (χ1n) is 6.35. The highest BCUT2D eigenvalue weighted by atomic mass is 35.5. The van der Waals surface area contributed by atoms with Crippen molar-refractivity contribution in [2.45, 2.75) is 13.8 Å². The summed E-state index contributed by atoms with van der Waals surface area (Å²) in [6.07, 6.45) is 0. The molecule has 1 heterocycles. The number of aryl methyl sites for hydroxylation is 2. The predicted molar refractivity (Wildman–Crippen MR) is 86.2 cm³/mol. The van der Waals surface area contributed by atoms with Gasteiger partial charge in [0.15, 0.2) is 5.78 Å². The number of carbonyl (C=O) groups is 1. The summed E-state index contributed by atoms with van der Waals surface area (Å²) >= 11 is 7.83. The third-order valence-electron chi connectivity index (χ3n) is 3.55. The smallest absolute Gasteiger partial charge is 0.195 e. The molecule has 1 nitrogen and oxygen atoms in total. The Labute approximate surface area is 126 Å². The van der Waals surface area contributed by atoms with E-state index in [0.29, 0.717) is 10.6 Å². The van der Waals surface area contributed by atoms with Crippen molar-refractivity contribution in [3.8, 4) is 0 Å². The Kier molecular flexibility index (Phi) is 3.36. The number of rotatable bonds is 2. The molecule has 0 fully saturated rings. The van der Waals surface area contributed by atoms with Gasteiger partial charge in [-0.2, -0.15) is 0 Å². The molecule has 0 radical (unpaired) electrons. The highest BCUT2D eigenvalue weighted by Crippen LogP contribution is 2.30. The molecular formula is C17H13ClOS. The number of thiophene rings is 1. The van der Waals surface area contributed by atoms with E-state index in [9.17, 15) is 4.79 Å². The van der Waals surface area contributed by atoms with Gasteiger partial charge in [-0.15, -0.1) is 11.3 Å². The molecule has 2 aromatic carbocycles. The van der Waals surface area contributed by atoms with Gasteiger partial charge in [0.2, 0.25) is 0 Å². The molecule has 0 unspecified atom stereocenters. The van der Waals surface area contributed by atoms with Crippen LogP contribution in [-0.2, 0) is 0 Å². The van der Waals surface area contributed by atoms with Crippen LogP contribution in [0.15, 0.2) is 41.8 Å². The summed E-state index contributed by atoms with van der Waals surface area (Å²) in [5.41, 5.74) is 3.49. The van der Waals surface area contributed by atoms with Gasteiger partial charge in [-0.05, 0) is 43.2 Å². The fourth-order valence-corrected chi connectivity index (χ4v) is 3.50. The zero-order valence-corrected chi connectivity index (χ0v) is 12.8. The van der Waals surface area contributed by atoms with Crippen LogP contribution < -0.4 is 0 Å². The molecule has 0 aliphatic carbocycles. The Morgan fingerprint density at radius 2 is 1.75 bits per heavy atom. The maximum Gasteiger partial charge on any atom is 0.195 e. The van der Waals surface area contributed by atoms with Crippen LogP contribution >= 0.6 is 22.9 Å². The van der Waals surface area contributed by atoms with Crippen molar-refractivity contribution < 1.29 is 4.79 Å². The lowest BCUT2D eigenvalue weighted by Gasteiger charge is -2.07. The lowest BCUT2D eigenvalue weighted by atomic mass is 9.99. The van der Waals surface area contributed by atoms with E-state index in [2.05, 4.69) is 0 Å². The minimum absolute atomic E-state index is 0.00412. The van der Waals surface area contributed by atoms with E-state index < -0.39 is 0 Å². The van der Waals surface area contributed by atoms with E-state index in [0.717, 1.165) is 26.8 Å². The fraction of sp³-hybridized carbons (Fsp3) is 0.118. The molecule has 0 aliphatic heterocycles. The molecule has 3 heteroatoms. The summed E-state index contributed by atoms with van der Waals surface area (Å²) in [5, 5.41) is 3.43. The van der Waals surface area contributed by atoms with Crippen LogP contribution in [0.2, 0.25) is 5.02 Å². The van der Waals surface area contributed by atoms with Crippen molar-refractivity contribution in [1.29, 1.82) is 0 Å². The van der Waals surface area contributed by atoms with E-state index in [-0.39, 0.29) is 5.78 Å². The van der Waals surface area contributed by atoms with Crippen LogP contribution in [0.1, 0.15) is 27.0 Å². The lowest BCUT2D eigenvalue weighted by Crippen LogP contribution is -2.02. The summed E-state index contributed by atoms with van der Waals surface area (Å²) in [7, 11) is 0.